The normalized spacial score (nSPS) is 11.8. The molecular weight excluding hydrogens is 495 g/mol. The maximum absolute atomic E-state index is 15.1. The highest BCUT2D eigenvalue weighted by Crippen LogP contribution is 2.31. The highest BCUT2D eigenvalue weighted by molar-refractivity contribution is 6.01. The van der Waals surface area contributed by atoms with Gasteiger partial charge in [0.15, 0.2) is 0 Å². The molecule has 2 amide bonds. The molecule has 0 spiro atoms. The van der Waals surface area contributed by atoms with Gasteiger partial charge in [0, 0.05) is 41.7 Å². The molecular formula is C30H27FN6O2. The van der Waals surface area contributed by atoms with Gasteiger partial charge in [-0.3, -0.25) is 19.4 Å². The first-order valence-corrected chi connectivity index (χ1v) is 12.4. The molecule has 1 atom stereocenters. The Morgan fingerprint density at radius 3 is 2.13 bits per heavy atom. The second kappa shape index (κ2) is 11.1. The number of hydrogen-bond donors (Lipinski definition) is 3. The second-order valence-electron chi connectivity index (χ2n) is 9.18. The zero-order valence-electron chi connectivity index (χ0n) is 21.4. The molecule has 1 unspecified atom stereocenters. The van der Waals surface area contributed by atoms with Crippen molar-refractivity contribution in [3.05, 3.63) is 126 Å². The average Bonchev–Trinajstić information content (AvgIpc) is 3.57. The molecule has 5 rings (SSSR count). The van der Waals surface area contributed by atoms with E-state index in [0.717, 1.165) is 16.8 Å². The summed E-state index contributed by atoms with van der Waals surface area (Å²) in [4.78, 5) is 27.2. The second-order valence-corrected chi connectivity index (χ2v) is 9.18. The van der Waals surface area contributed by atoms with Crippen molar-refractivity contribution in [3.8, 4) is 11.1 Å². The van der Waals surface area contributed by atoms with Gasteiger partial charge in [0.1, 0.15) is 17.6 Å². The lowest BCUT2D eigenvalue weighted by molar-refractivity contribution is -0.118. The summed E-state index contributed by atoms with van der Waals surface area (Å²) in [5.74, 6) is -1.98. The zero-order chi connectivity index (χ0) is 27.4. The number of hydrogen-bond acceptors (Lipinski definition) is 4. The Morgan fingerprint density at radius 2 is 1.59 bits per heavy atom. The highest BCUT2D eigenvalue weighted by Gasteiger charge is 2.33. The molecule has 0 bridgehead atoms. The molecule has 0 saturated carbocycles. The number of amides is 2. The van der Waals surface area contributed by atoms with E-state index in [0.29, 0.717) is 16.8 Å². The lowest BCUT2D eigenvalue weighted by Gasteiger charge is -2.28. The smallest absolute Gasteiger partial charge is 0.270 e. The largest absolute Gasteiger partial charge is 0.338 e. The molecule has 5 aromatic rings. The predicted octanol–water partition coefficient (Wildman–Crippen LogP) is 4.83. The van der Waals surface area contributed by atoms with Crippen molar-refractivity contribution in [1.29, 1.82) is 0 Å². The van der Waals surface area contributed by atoms with Crippen LogP contribution < -0.4 is 10.6 Å². The number of carbonyl (C=O) groups excluding carboxylic acids is 2. The van der Waals surface area contributed by atoms with Gasteiger partial charge in [0.05, 0.1) is 6.20 Å². The van der Waals surface area contributed by atoms with E-state index in [9.17, 15) is 9.59 Å². The molecule has 0 fully saturated rings. The molecule has 8 nitrogen and oxygen atoms in total. The molecule has 0 aliphatic heterocycles. The number of nitrogens with zero attached hydrogens (tertiary/aromatic N) is 3. The Morgan fingerprint density at radius 1 is 0.923 bits per heavy atom. The van der Waals surface area contributed by atoms with Gasteiger partial charge in [-0.05, 0) is 42.3 Å². The van der Waals surface area contributed by atoms with E-state index >= 15 is 4.39 Å². The number of aromatic amines is 1. The number of aryl methyl sites for hydroxylation is 2. The molecule has 3 aromatic carbocycles. The molecule has 2 heterocycles. The van der Waals surface area contributed by atoms with Gasteiger partial charge in [-0.25, -0.2) is 4.39 Å². The van der Waals surface area contributed by atoms with E-state index in [4.69, 9.17) is 0 Å². The minimum atomic E-state index is -1.03. The lowest BCUT2D eigenvalue weighted by Crippen LogP contribution is -2.48. The fourth-order valence-electron chi connectivity index (χ4n) is 4.66. The van der Waals surface area contributed by atoms with Gasteiger partial charge in [-0.15, -0.1) is 0 Å². The summed E-state index contributed by atoms with van der Waals surface area (Å²) in [6.45, 7) is 1.81. The van der Waals surface area contributed by atoms with Gasteiger partial charge in [0.2, 0.25) is 5.91 Å². The van der Waals surface area contributed by atoms with Crippen molar-refractivity contribution >= 4 is 17.5 Å². The van der Waals surface area contributed by atoms with Crippen LogP contribution in [0.4, 0.5) is 10.1 Å². The fourth-order valence-corrected chi connectivity index (χ4v) is 4.66. The van der Waals surface area contributed by atoms with Crippen LogP contribution in [0.5, 0.6) is 0 Å². The number of H-pyrrole nitrogens is 1. The van der Waals surface area contributed by atoms with Crippen molar-refractivity contribution in [2.45, 2.75) is 18.9 Å². The van der Waals surface area contributed by atoms with Crippen LogP contribution >= 0.6 is 0 Å². The summed E-state index contributed by atoms with van der Waals surface area (Å²) < 4.78 is 16.5. The van der Waals surface area contributed by atoms with E-state index in [1.54, 1.807) is 38.4 Å². The monoisotopic (exact) mass is 522 g/mol. The number of nitrogens with one attached hydrogen (secondary N) is 3. The third-order valence-electron chi connectivity index (χ3n) is 6.63. The summed E-state index contributed by atoms with van der Waals surface area (Å²) >= 11 is 0. The van der Waals surface area contributed by atoms with Gasteiger partial charge in [0.25, 0.3) is 5.91 Å². The highest BCUT2D eigenvalue weighted by atomic mass is 19.1. The molecule has 9 heteroatoms. The number of aromatic nitrogens is 4. The molecule has 0 saturated heterocycles. The van der Waals surface area contributed by atoms with Crippen LogP contribution in [0, 0.1) is 12.7 Å². The molecule has 0 aliphatic rings. The van der Waals surface area contributed by atoms with Gasteiger partial charge >= 0.3 is 0 Å². The lowest BCUT2D eigenvalue weighted by atomic mass is 9.84. The first-order valence-electron chi connectivity index (χ1n) is 12.4. The van der Waals surface area contributed by atoms with E-state index < -0.39 is 29.6 Å². The predicted molar refractivity (Wildman–Crippen MR) is 147 cm³/mol. The molecule has 39 heavy (non-hydrogen) atoms. The number of anilines is 1. The maximum Gasteiger partial charge on any atom is 0.270 e. The topological polar surface area (TPSA) is 105 Å². The Kier molecular flexibility index (Phi) is 7.31. The summed E-state index contributed by atoms with van der Waals surface area (Å²) in [5, 5.41) is 16.6. The summed E-state index contributed by atoms with van der Waals surface area (Å²) in [7, 11) is 1.65. The van der Waals surface area contributed by atoms with Crippen molar-refractivity contribution in [1.82, 2.24) is 25.3 Å². The van der Waals surface area contributed by atoms with Crippen LogP contribution in [0.25, 0.3) is 11.1 Å². The molecule has 196 valence electrons. The number of rotatable bonds is 8. The van der Waals surface area contributed by atoms with Gasteiger partial charge < -0.3 is 10.6 Å². The van der Waals surface area contributed by atoms with Crippen molar-refractivity contribution < 1.29 is 14.0 Å². The van der Waals surface area contributed by atoms with Crippen LogP contribution in [-0.2, 0) is 11.8 Å². The van der Waals surface area contributed by atoms with Crippen LogP contribution in [0.1, 0.15) is 33.2 Å². The molecule has 2 aromatic heterocycles. The Labute approximate surface area is 224 Å². The van der Waals surface area contributed by atoms with Crippen molar-refractivity contribution in [2.75, 3.05) is 5.32 Å². The van der Waals surface area contributed by atoms with E-state index in [1.165, 1.54) is 16.9 Å². The first-order chi connectivity index (χ1) is 18.9. The number of carbonyl (C=O) groups is 2. The first kappa shape index (κ1) is 25.6. The van der Waals surface area contributed by atoms with Gasteiger partial charge in [-0.1, -0.05) is 60.7 Å². The van der Waals surface area contributed by atoms with Crippen molar-refractivity contribution in [3.63, 3.8) is 0 Å². The fraction of sp³-hybridized carbons (Fsp3) is 0.133. The van der Waals surface area contributed by atoms with Crippen LogP contribution in [0.15, 0.2) is 97.3 Å². The SMILES string of the molecule is Cc1[nH]ncc1-c1ccc(NC(=O)C(NC(=O)c2ccnn2C)C(c2ccccc2)c2ccccc2)cc1F. The summed E-state index contributed by atoms with van der Waals surface area (Å²) in [5.41, 5.74) is 3.99. The third-order valence-corrected chi connectivity index (χ3v) is 6.63. The van der Waals surface area contributed by atoms with Crippen LogP contribution in [-0.4, -0.2) is 37.8 Å². The minimum Gasteiger partial charge on any atom is -0.338 e. The quantitative estimate of drug-likeness (QED) is 0.272. The Hall–Kier alpha value is -5.05. The third kappa shape index (κ3) is 5.47. The van der Waals surface area contributed by atoms with E-state index in [-0.39, 0.29) is 5.69 Å². The maximum atomic E-state index is 15.1. The molecule has 0 aliphatic carbocycles. The van der Waals surface area contributed by atoms with Crippen LogP contribution in [0.3, 0.4) is 0 Å². The van der Waals surface area contributed by atoms with E-state index in [2.05, 4.69) is 25.9 Å². The Balaban J connectivity index is 1.51. The molecule has 0 radical (unpaired) electrons. The summed E-state index contributed by atoms with van der Waals surface area (Å²) in [6, 6.07) is 24.0. The Bertz CT molecular complexity index is 1560. The standard InChI is InChI=1S/C30H27FN6O2/c1-19-24(18-32-36-19)23-14-13-22(17-25(23)31)34-30(39)28(35-29(38)26-15-16-33-37(26)2)27(20-9-5-3-6-10-20)21-11-7-4-8-12-21/h3-18,27-28H,1-2H3,(H,32,36)(H,34,39)(H,35,38). The minimum absolute atomic E-state index is 0.266. The average molecular weight is 523 g/mol. The number of benzene rings is 3. The zero-order valence-corrected chi connectivity index (χ0v) is 21.4. The van der Waals surface area contributed by atoms with Crippen molar-refractivity contribution in [2.24, 2.45) is 7.05 Å². The summed E-state index contributed by atoms with van der Waals surface area (Å²) in [6.07, 6.45) is 3.07. The van der Waals surface area contributed by atoms with E-state index in [1.807, 2.05) is 60.7 Å². The van der Waals surface area contributed by atoms with Gasteiger partial charge in [-0.2, -0.15) is 10.2 Å². The molecule has 3 N–H and O–H groups in total. The van der Waals surface area contributed by atoms with Crippen LogP contribution in [0.2, 0.25) is 0 Å². The number of halogens is 1.